The smallest absolute Gasteiger partial charge is 0.0446 e. The maximum Gasteiger partial charge on any atom is 0.0446 e. The summed E-state index contributed by atoms with van der Waals surface area (Å²) in [5.74, 6) is 0. The third-order valence-electron chi connectivity index (χ3n) is 3.04. The van der Waals surface area contributed by atoms with E-state index < -0.39 is 0 Å². The Bertz CT molecular complexity index is 312. The van der Waals surface area contributed by atoms with E-state index in [4.69, 9.17) is 5.11 Å². The van der Waals surface area contributed by atoms with Gasteiger partial charge in [0, 0.05) is 38.1 Å². The number of hydrogen-bond acceptors (Lipinski definition) is 2. The van der Waals surface area contributed by atoms with Crippen molar-refractivity contribution in [3.63, 3.8) is 0 Å². The summed E-state index contributed by atoms with van der Waals surface area (Å²) in [6, 6.07) is 4.51. The fourth-order valence-corrected chi connectivity index (χ4v) is 1.88. The molecule has 1 aromatic rings. The number of aliphatic hydroxyl groups is 1. The SMILES string of the molecule is Cn1cccc1CNC(CCO)C(C)(C)C. The first-order valence-corrected chi connectivity index (χ1v) is 5.89. The van der Waals surface area contributed by atoms with Crippen LogP contribution in [-0.2, 0) is 13.6 Å². The van der Waals surface area contributed by atoms with Crippen LogP contribution in [0.1, 0.15) is 32.9 Å². The van der Waals surface area contributed by atoms with Crippen molar-refractivity contribution in [2.24, 2.45) is 12.5 Å². The number of nitrogens with one attached hydrogen (secondary N) is 1. The average Bonchev–Trinajstić information content (AvgIpc) is 2.57. The minimum Gasteiger partial charge on any atom is -0.396 e. The summed E-state index contributed by atoms with van der Waals surface area (Å²) in [7, 11) is 2.05. The van der Waals surface area contributed by atoms with Gasteiger partial charge in [-0.3, -0.25) is 0 Å². The second-order valence-electron chi connectivity index (χ2n) is 5.42. The zero-order valence-corrected chi connectivity index (χ0v) is 10.8. The largest absolute Gasteiger partial charge is 0.396 e. The average molecular weight is 224 g/mol. The van der Waals surface area contributed by atoms with Gasteiger partial charge < -0.3 is 15.0 Å². The summed E-state index contributed by atoms with van der Waals surface area (Å²) in [6.45, 7) is 7.69. The van der Waals surface area contributed by atoms with Crippen LogP contribution in [-0.4, -0.2) is 22.3 Å². The molecule has 92 valence electrons. The van der Waals surface area contributed by atoms with Gasteiger partial charge in [-0.05, 0) is 24.0 Å². The molecule has 0 bridgehead atoms. The molecular formula is C13H24N2O. The lowest BCUT2D eigenvalue weighted by atomic mass is 9.85. The van der Waals surface area contributed by atoms with Gasteiger partial charge in [-0.2, -0.15) is 0 Å². The van der Waals surface area contributed by atoms with Gasteiger partial charge in [-0.25, -0.2) is 0 Å². The van der Waals surface area contributed by atoms with Crippen LogP contribution >= 0.6 is 0 Å². The third kappa shape index (κ3) is 3.65. The summed E-state index contributed by atoms with van der Waals surface area (Å²) in [5.41, 5.74) is 1.45. The molecule has 0 aliphatic carbocycles. The maximum atomic E-state index is 9.07. The minimum atomic E-state index is 0.174. The van der Waals surface area contributed by atoms with Crippen LogP contribution in [0.25, 0.3) is 0 Å². The Labute approximate surface area is 98.5 Å². The summed E-state index contributed by atoms with van der Waals surface area (Å²) in [5, 5.41) is 12.6. The van der Waals surface area contributed by atoms with Crippen LogP contribution in [0.5, 0.6) is 0 Å². The first-order chi connectivity index (χ1) is 7.45. The molecule has 1 rings (SSSR count). The molecule has 1 unspecified atom stereocenters. The number of rotatable bonds is 5. The van der Waals surface area contributed by atoms with Gasteiger partial charge in [0.05, 0.1) is 0 Å². The van der Waals surface area contributed by atoms with E-state index in [2.05, 4.69) is 56.0 Å². The van der Waals surface area contributed by atoms with Crippen molar-refractivity contribution in [3.05, 3.63) is 24.0 Å². The fourth-order valence-electron chi connectivity index (χ4n) is 1.88. The van der Waals surface area contributed by atoms with Crippen LogP contribution in [0.15, 0.2) is 18.3 Å². The van der Waals surface area contributed by atoms with Crippen molar-refractivity contribution >= 4 is 0 Å². The van der Waals surface area contributed by atoms with Gasteiger partial charge in [-0.15, -0.1) is 0 Å². The number of hydrogen-bond donors (Lipinski definition) is 2. The molecule has 0 aliphatic heterocycles. The third-order valence-corrected chi connectivity index (χ3v) is 3.04. The van der Waals surface area contributed by atoms with Crippen LogP contribution in [0.2, 0.25) is 0 Å². The molecule has 1 heterocycles. The number of aryl methyl sites for hydroxylation is 1. The molecule has 0 saturated carbocycles. The summed E-state index contributed by atoms with van der Waals surface area (Å²) in [6.07, 6.45) is 2.85. The molecule has 0 saturated heterocycles. The second-order valence-corrected chi connectivity index (χ2v) is 5.42. The Morgan fingerprint density at radius 3 is 2.56 bits per heavy atom. The highest BCUT2D eigenvalue weighted by molar-refractivity contribution is 5.06. The van der Waals surface area contributed by atoms with Gasteiger partial charge in [0.25, 0.3) is 0 Å². The Morgan fingerprint density at radius 1 is 1.44 bits per heavy atom. The predicted molar refractivity (Wildman–Crippen MR) is 67.2 cm³/mol. The van der Waals surface area contributed by atoms with E-state index in [1.165, 1.54) is 5.69 Å². The fraction of sp³-hybridized carbons (Fsp3) is 0.692. The molecule has 1 atom stereocenters. The van der Waals surface area contributed by atoms with Crippen LogP contribution in [0.3, 0.4) is 0 Å². The minimum absolute atomic E-state index is 0.174. The molecule has 3 nitrogen and oxygen atoms in total. The first kappa shape index (κ1) is 13.3. The van der Waals surface area contributed by atoms with Crippen LogP contribution in [0, 0.1) is 5.41 Å². The van der Waals surface area contributed by atoms with Crippen molar-refractivity contribution in [2.45, 2.75) is 39.8 Å². The molecule has 2 N–H and O–H groups in total. The zero-order valence-electron chi connectivity index (χ0n) is 10.8. The lowest BCUT2D eigenvalue weighted by Crippen LogP contribution is -2.40. The lowest BCUT2D eigenvalue weighted by Gasteiger charge is -2.31. The van der Waals surface area contributed by atoms with Crippen molar-refractivity contribution in [1.82, 2.24) is 9.88 Å². The van der Waals surface area contributed by atoms with Crippen LogP contribution < -0.4 is 5.32 Å². The number of nitrogens with zero attached hydrogens (tertiary/aromatic N) is 1. The van der Waals surface area contributed by atoms with E-state index in [0.29, 0.717) is 6.04 Å². The van der Waals surface area contributed by atoms with Gasteiger partial charge in [0.15, 0.2) is 0 Å². The van der Waals surface area contributed by atoms with E-state index in [0.717, 1.165) is 13.0 Å². The highest BCUT2D eigenvalue weighted by Gasteiger charge is 2.23. The predicted octanol–water partition coefficient (Wildman–Crippen LogP) is 1.91. The molecule has 0 radical (unpaired) electrons. The van der Waals surface area contributed by atoms with Gasteiger partial charge in [0.2, 0.25) is 0 Å². The summed E-state index contributed by atoms with van der Waals surface area (Å²) < 4.78 is 2.12. The van der Waals surface area contributed by atoms with Gasteiger partial charge >= 0.3 is 0 Å². The van der Waals surface area contributed by atoms with Crippen molar-refractivity contribution < 1.29 is 5.11 Å². The van der Waals surface area contributed by atoms with Gasteiger partial charge in [0.1, 0.15) is 0 Å². The standard InChI is InChI=1S/C13H24N2O/c1-13(2,3)12(7-9-16)14-10-11-6-5-8-15(11)4/h5-6,8,12,14,16H,7,9-10H2,1-4H3. The van der Waals surface area contributed by atoms with Crippen molar-refractivity contribution in [3.8, 4) is 0 Å². The number of aliphatic hydroxyl groups excluding tert-OH is 1. The van der Waals surface area contributed by atoms with E-state index in [-0.39, 0.29) is 12.0 Å². The molecule has 0 fully saturated rings. The highest BCUT2D eigenvalue weighted by Crippen LogP contribution is 2.21. The normalized spacial score (nSPS) is 14.1. The number of aromatic nitrogens is 1. The van der Waals surface area contributed by atoms with Crippen molar-refractivity contribution in [2.75, 3.05) is 6.61 Å². The quantitative estimate of drug-likeness (QED) is 0.801. The molecule has 16 heavy (non-hydrogen) atoms. The molecule has 3 heteroatoms. The Kier molecular flexibility index (Phi) is 4.56. The second kappa shape index (κ2) is 5.51. The highest BCUT2D eigenvalue weighted by atomic mass is 16.3. The summed E-state index contributed by atoms with van der Waals surface area (Å²) >= 11 is 0. The Hall–Kier alpha value is -0.800. The molecule has 0 spiro atoms. The van der Waals surface area contributed by atoms with E-state index in [1.54, 1.807) is 0 Å². The van der Waals surface area contributed by atoms with Gasteiger partial charge in [-0.1, -0.05) is 20.8 Å². The lowest BCUT2D eigenvalue weighted by molar-refractivity contribution is 0.196. The van der Waals surface area contributed by atoms with E-state index >= 15 is 0 Å². The van der Waals surface area contributed by atoms with E-state index in [1.807, 2.05) is 0 Å². The monoisotopic (exact) mass is 224 g/mol. The zero-order chi connectivity index (χ0) is 12.2. The Balaban J connectivity index is 2.54. The topological polar surface area (TPSA) is 37.2 Å². The molecule has 1 aromatic heterocycles. The molecule has 0 aliphatic rings. The maximum absolute atomic E-state index is 9.07. The summed E-state index contributed by atoms with van der Waals surface area (Å²) in [4.78, 5) is 0. The van der Waals surface area contributed by atoms with E-state index in [9.17, 15) is 0 Å². The Morgan fingerprint density at radius 2 is 2.12 bits per heavy atom. The first-order valence-electron chi connectivity index (χ1n) is 5.89. The molecule has 0 amide bonds. The van der Waals surface area contributed by atoms with Crippen LogP contribution in [0.4, 0.5) is 0 Å². The molecular weight excluding hydrogens is 200 g/mol. The molecule has 0 aromatic carbocycles. The van der Waals surface area contributed by atoms with Crippen molar-refractivity contribution in [1.29, 1.82) is 0 Å².